The van der Waals surface area contributed by atoms with Gasteiger partial charge in [-0.1, -0.05) is 84.7 Å². The zero-order valence-corrected chi connectivity index (χ0v) is 21.3. The van der Waals surface area contributed by atoms with Gasteiger partial charge >= 0.3 is 0 Å². The fourth-order valence-electron chi connectivity index (χ4n) is 3.82. The zero-order valence-electron chi connectivity index (χ0n) is 18.9. The molecule has 1 atom stereocenters. The third kappa shape index (κ3) is 5.55. The summed E-state index contributed by atoms with van der Waals surface area (Å²) in [5.41, 5.74) is 3.81. The fourth-order valence-corrected chi connectivity index (χ4v) is 4.92. The van der Waals surface area contributed by atoms with Crippen molar-refractivity contribution in [1.29, 1.82) is 0 Å². The fraction of sp³-hybridized carbons (Fsp3) is 0.360. The quantitative estimate of drug-likeness (QED) is 0.204. The van der Waals surface area contributed by atoms with Gasteiger partial charge in [0.25, 0.3) is 0 Å². The van der Waals surface area contributed by atoms with Crippen LogP contribution in [0.25, 0.3) is 22.1 Å². The molecule has 8 heteroatoms. The highest BCUT2D eigenvalue weighted by Crippen LogP contribution is 2.29. The highest BCUT2D eigenvalue weighted by atomic mass is 79.9. The van der Waals surface area contributed by atoms with Crippen LogP contribution >= 0.6 is 27.7 Å². The largest absolute Gasteiger partial charge is 0.355 e. The maximum atomic E-state index is 12.7. The lowest BCUT2D eigenvalue weighted by Gasteiger charge is -2.13. The average molecular weight is 527 g/mol. The maximum Gasteiger partial charge on any atom is 0.233 e. The number of hydrogen-bond donors (Lipinski definition) is 1. The molecule has 33 heavy (non-hydrogen) atoms. The molecule has 2 aromatic heterocycles. The van der Waals surface area contributed by atoms with Gasteiger partial charge in [0.2, 0.25) is 11.1 Å². The first kappa shape index (κ1) is 23.7. The zero-order chi connectivity index (χ0) is 23.2. The van der Waals surface area contributed by atoms with Crippen molar-refractivity contribution in [2.75, 3.05) is 6.54 Å². The molecule has 0 radical (unpaired) electrons. The number of para-hydroxylation sites is 1. The summed E-state index contributed by atoms with van der Waals surface area (Å²) >= 11 is 4.89. The van der Waals surface area contributed by atoms with Gasteiger partial charge in [-0.3, -0.25) is 4.79 Å². The minimum atomic E-state index is -0.241. The number of carbonyl (C=O) groups excluding carboxylic acids is 1. The van der Waals surface area contributed by atoms with Gasteiger partial charge in [0.1, 0.15) is 5.52 Å². The first-order valence-electron chi connectivity index (χ1n) is 11.4. The number of nitrogens with zero attached hydrogens (tertiary/aromatic N) is 4. The van der Waals surface area contributed by atoms with E-state index in [-0.39, 0.29) is 11.2 Å². The predicted octanol–water partition coefficient (Wildman–Crippen LogP) is 5.97. The Bertz CT molecular complexity index is 1240. The summed E-state index contributed by atoms with van der Waals surface area (Å²) in [6.07, 6.45) is 3.96. The number of amides is 1. The summed E-state index contributed by atoms with van der Waals surface area (Å²) < 4.78 is 3.23. The van der Waals surface area contributed by atoms with Gasteiger partial charge in [-0.15, -0.1) is 10.2 Å². The molecule has 2 heterocycles. The summed E-state index contributed by atoms with van der Waals surface area (Å²) in [5, 5.41) is 13.3. The van der Waals surface area contributed by atoms with Crippen molar-refractivity contribution in [3.8, 4) is 0 Å². The van der Waals surface area contributed by atoms with E-state index in [1.165, 1.54) is 17.3 Å². The molecule has 1 amide bonds. The van der Waals surface area contributed by atoms with Crippen molar-refractivity contribution in [2.24, 2.45) is 0 Å². The van der Waals surface area contributed by atoms with Crippen LogP contribution in [0.1, 0.15) is 45.1 Å². The number of unbranched alkanes of at least 4 members (excludes halogenated alkanes) is 2. The van der Waals surface area contributed by atoms with Crippen LogP contribution in [0, 0.1) is 0 Å². The van der Waals surface area contributed by atoms with Gasteiger partial charge in [0, 0.05) is 22.9 Å². The Morgan fingerprint density at radius 1 is 1.09 bits per heavy atom. The standard InChI is InChI=1S/C25H28BrN5OS/c1-3-5-8-15-27-24(32)21(4-2)33-25-28-23-22(29-30-25)19-9-6-7-10-20(19)31(23)16-17-11-13-18(26)14-12-17/h6-7,9-14,21H,3-5,8,15-16H2,1-2H3,(H,27,32). The Labute approximate surface area is 206 Å². The van der Waals surface area contributed by atoms with Crippen molar-refractivity contribution in [3.63, 3.8) is 0 Å². The van der Waals surface area contributed by atoms with Gasteiger partial charge in [-0.2, -0.15) is 0 Å². The third-order valence-electron chi connectivity index (χ3n) is 5.60. The lowest BCUT2D eigenvalue weighted by molar-refractivity contribution is -0.120. The van der Waals surface area contributed by atoms with Crippen molar-refractivity contribution in [2.45, 2.75) is 56.5 Å². The molecular weight excluding hydrogens is 498 g/mol. The molecule has 0 fully saturated rings. The number of benzene rings is 2. The minimum Gasteiger partial charge on any atom is -0.355 e. The lowest BCUT2D eigenvalue weighted by Crippen LogP contribution is -2.33. The molecular formula is C25H28BrN5OS. The van der Waals surface area contributed by atoms with Crippen LogP contribution in [-0.2, 0) is 11.3 Å². The monoisotopic (exact) mass is 525 g/mol. The normalized spacial score (nSPS) is 12.3. The minimum absolute atomic E-state index is 0.0395. The topological polar surface area (TPSA) is 72.7 Å². The summed E-state index contributed by atoms with van der Waals surface area (Å²) in [6, 6.07) is 16.5. The van der Waals surface area contributed by atoms with Gasteiger partial charge in [0.15, 0.2) is 5.65 Å². The van der Waals surface area contributed by atoms with Crippen molar-refractivity contribution in [3.05, 3.63) is 58.6 Å². The highest BCUT2D eigenvalue weighted by Gasteiger charge is 2.21. The van der Waals surface area contributed by atoms with Gasteiger partial charge in [0.05, 0.1) is 10.8 Å². The Morgan fingerprint density at radius 2 is 1.88 bits per heavy atom. The highest BCUT2D eigenvalue weighted by molar-refractivity contribution is 9.10. The second-order valence-electron chi connectivity index (χ2n) is 8.01. The van der Waals surface area contributed by atoms with Crippen LogP contribution in [0.2, 0.25) is 0 Å². The molecule has 0 bridgehead atoms. The molecule has 0 aliphatic carbocycles. The molecule has 2 aromatic carbocycles. The van der Waals surface area contributed by atoms with E-state index in [1.807, 2.05) is 31.2 Å². The molecule has 1 unspecified atom stereocenters. The van der Waals surface area contributed by atoms with E-state index in [9.17, 15) is 4.79 Å². The smallest absolute Gasteiger partial charge is 0.233 e. The maximum absolute atomic E-state index is 12.7. The summed E-state index contributed by atoms with van der Waals surface area (Å²) in [6.45, 7) is 5.56. The number of halogens is 1. The van der Waals surface area contributed by atoms with Crippen LogP contribution in [0.5, 0.6) is 0 Å². The number of rotatable bonds is 10. The molecule has 0 saturated carbocycles. The van der Waals surface area contributed by atoms with Crippen LogP contribution in [0.15, 0.2) is 58.2 Å². The molecule has 0 spiro atoms. The second-order valence-corrected chi connectivity index (χ2v) is 10.1. The number of carbonyl (C=O) groups is 1. The van der Waals surface area contributed by atoms with Gasteiger partial charge < -0.3 is 9.88 Å². The molecule has 0 aliphatic heterocycles. The van der Waals surface area contributed by atoms with Crippen LogP contribution in [0.4, 0.5) is 0 Å². The predicted molar refractivity (Wildman–Crippen MR) is 139 cm³/mol. The molecule has 0 aliphatic rings. The Kier molecular flexibility index (Phi) is 7.98. The number of hydrogen-bond acceptors (Lipinski definition) is 5. The Morgan fingerprint density at radius 3 is 2.64 bits per heavy atom. The summed E-state index contributed by atoms with van der Waals surface area (Å²) in [5.74, 6) is 0.0395. The number of aromatic nitrogens is 4. The second kappa shape index (κ2) is 11.1. The molecule has 172 valence electrons. The number of fused-ring (bicyclic) bond motifs is 3. The van der Waals surface area contributed by atoms with E-state index in [4.69, 9.17) is 4.98 Å². The lowest BCUT2D eigenvalue weighted by atomic mass is 10.2. The molecule has 4 rings (SSSR count). The molecule has 6 nitrogen and oxygen atoms in total. The first-order chi connectivity index (χ1) is 16.1. The van der Waals surface area contributed by atoms with Crippen molar-refractivity contribution >= 4 is 55.7 Å². The number of nitrogens with one attached hydrogen (secondary N) is 1. The molecule has 0 saturated heterocycles. The average Bonchev–Trinajstić information content (AvgIpc) is 3.14. The van der Waals surface area contributed by atoms with Gasteiger partial charge in [-0.05, 0) is 36.6 Å². The first-order valence-corrected chi connectivity index (χ1v) is 13.1. The Balaban J connectivity index is 1.63. The van der Waals surface area contributed by atoms with Crippen LogP contribution < -0.4 is 5.32 Å². The number of thioether (sulfide) groups is 1. The summed E-state index contributed by atoms with van der Waals surface area (Å²) in [4.78, 5) is 17.5. The van der Waals surface area contributed by atoms with Gasteiger partial charge in [-0.25, -0.2) is 4.98 Å². The molecule has 4 aromatic rings. The Hall–Kier alpha value is -2.45. The molecule has 1 N–H and O–H groups in total. The van der Waals surface area contributed by atoms with E-state index < -0.39 is 0 Å². The van der Waals surface area contributed by atoms with E-state index in [0.29, 0.717) is 24.7 Å². The summed E-state index contributed by atoms with van der Waals surface area (Å²) in [7, 11) is 0. The van der Waals surface area contributed by atoms with Crippen molar-refractivity contribution in [1.82, 2.24) is 25.1 Å². The van der Waals surface area contributed by atoms with E-state index in [2.05, 4.69) is 67.2 Å². The van der Waals surface area contributed by atoms with E-state index in [1.54, 1.807) is 0 Å². The SMILES string of the molecule is CCCCCNC(=O)C(CC)Sc1nnc2c3ccccc3n(Cc3ccc(Br)cc3)c2n1. The van der Waals surface area contributed by atoms with Crippen LogP contribution in [-0.4, -0.2) is 37.5 Å². The third-order valence-corrected chi connectivity index (χ3v) is 7.34. The van der Waals surface area contributed by atoms with Crippen molar-refractivity contribution < 1.29 is 4.79 Å². The van der Waals surface area contributed by atoms with E-state index in [0.717, 1.165) is 45.8 Å². The van der Waals surface area contributed by atoms with E-state index >= 15 is 0 Å². The van der Waals surface area contributed by atoms with Crippen LogP contribution in [0.3, 0.4) is 0 Å².